The third kappa shape index (κ3) is 2.09. The van der Waals surface area contributed by atoms with E-state index >= 15 is 0 Å². The fourth-order valence-corrected chi connectivity index (χ4v) is 2.34. The molecule has 0 atom stereocenters. The summed E-state index contributed by atoms with van der Waals surface area (Å²) in [7, 11) is 0. The van der Waals surface area contributed by atoms with Crippen LogP contribution in [0.4, 0.5) is 0 Å². The van der Waals surface area contributed by atoms with Crippen LogP contribution in [0.3, 0.4) is 0 Å². The standard InChI is InChI=1S/C15H20N2/c1-15(2,16)13-5-6-14-12(9-13)7-8-17(14)10-11-3-4-11/h5-9,11H,3-4,10,16H2,1-2H3. The highest BCUT2D eigenvalue weighted by Crippen LogP contribution is 2.32. The van der Waals surface area contributed by atoms with E-state index in [4.69, 9.17) is 5.73 Å². The van der Waals surface area contributed by atoms with E-state index in [-0.39, 0.29) is 5.54 Å². The highest BCUT2D eigenvalue weighted by molar-refractivity contribution is 5.81. The van der Waals surface area contributed by atoms with Gasteiger partial charge >= 0.3 is 0 Å². The van der Waals surface area contributed by atoms with Crippen LogP contribution in [0.2, 0.25) is 0 Å². The first-order valence-corrected chi connectivity index (χ1v) is 6.42. The molecule has 1 aliphatic rings. The molecule has 0 aliphatic heterocycles. The summed E-state index contributed by atoms with van der Waals surface area (Å²) in [4.78, 5) is 0. The molecule has 1 aliphatic carbocycles. The van der Waals surface area contributed by atoms with Gasteiger partial charge in [0.25, 0.3) is 0 Å². The predicted octanol–water partition coefficient (Wildman–Crippen LogP) is 3.25. The van der Waals surface area contributed by atoms with Gasteiger partial charge in [0.2, 0.25) is 0 Å². The molecule has 0 amide bonds. The van der Waals surface area contributed by atoms with Gasteiger partial charge in [-0.1, -0.05) is 6.07 Å². The molecular formula is C15H20N2. The van der Waals surface area contributed by atoms with E-state index in [1.807, 2.05) is 0 Å². The Morgan fingerprint density at radius 3 is 2.71 bits per heavy atom. The van der Waals surface area contributed by atoms with Crippen LogP contribution in [-0.2, 0) is 12.1 Å². The number of rotatable bonds is 3. The van der Waals surface area contributed by atoms with Crippen LogP contribution in [-0.4, -0.2) is 4.57 Å². The van der Waals surface area contributed by atoms with E-state index < -0.39 is 0 Å². The third-order valence-corrected chi connectivity index (χ3v) is 3.67. The fraction of sp³-hybridized carbons (Fsp3) is 0.467. The predicted molar refractivity (Wildman–Crippen MR) is 71.9 cm³/mol. The van der Waals surface area contributed by atoms with Gasteiger partial charge in [-0.2, -0.15) is 0 Å². The van der Waals surface area contributed by atoms with Crippen molar-refractivity contribution < 1.29 is 0 Å². The van der Waals surface area contributed by atoms with Crippen LogP contribution in [0.1, 0.15) is 32.3 Å². The minimum Gasteiger partial charge on any atom is -0.347 e. The first-order chi connectivity index (χ1) is 8.04. The lowest BCUT2D eigenvalue weighted by atomic mass is 9.95. The molecule has 1 aromatic heterocycles. The normalized spacial score (nSPS) is 16.6. The van der Waals surface area contributed by atoms with Gasteiger partial charge in [0.05, 0.1) is 0 Å². The number of fused-ring (bicyclic) bond motifs is 1. The largest absolute Gasteiger partial charge is 0.347 e. The number of benzene rings is 1. The Hall–Kier alpha value is -1.28. The molecule has 3 rings (SSSR count). The van der Waals surface area contributed by atoms with E-state index in [9.17, 15) is 0 Å². The van der Waals surface area contributed by atoms with Crippen molar-refractivity contribution in [1.82, 2.24) is 4.57 Å². The summed E-state index contributed by atoms with van der Waals surface area (Å²) in [6.45, 7) is 5.28. The Balaban J connectivity index is 2.00. The van der Waals surface area contributed by atoms with Gasteiger partial charge in [-0.05, 0) is 61.8 Å². The zero-order valence-corrected chi connectivity index (χ0v) is 10.6. The summed E-state index contributed by atoms with van der Waals surface area (Å²) < 4.78 is 2.38. The first kappa shape index (κ1) is 10.8. The quantitative estimate of drug-likeness (QED) is 0.859. The molecule has 0 unspecified atom stereocenters. The SMILES string of the molecule is CC(C)(N)c1ccc2c(ccn2CC2CC2)c1. The number of aromatic nitrogens is 1. The van der Waals surface area contributed by atoms with Crippen molar-refractivity contribution in [2.45, 2.75) is 38.8 Å². The second-order valence-corrected chi connectivity index (χ2v) is 5.91. The molecule has 2 aromatic rings. The van der Waals surface area contributed by atoms with Gasteiger partial charge in [0, 0.05) is 23.8 Å². The van der Waals surface area contributed by atoms with Gasteiger partial charge in [-0.3, -0.25) is 0 Å². The Kier molecular flexibility index (Phi) is 2.30. The molecule has 0 bridgehead atoms. The van der Waals surface area contributed by atoms with Crippen LogP contribution in [0.25, 0.3) is 10.9 Å². The number of nitrogens with two attached hydrogens (primary N) is 1. The van der Waals surface area contributed by atoms with Crippen LogP contribution >= 0.6 is 0 Å². The number of hydrogen-bond acceptors (Lipinski definition) is 1. The molecule has 1 saturated carbocycles. The Morgan fingerprint density at radius 2 is 2.06 bits per heavy atom. The molecule has 2 N–H and O–H groups in total. The lowest BCUT2D eigenvalue weighted by molar-refractivity contribution is 0.555. The minimum absolute atomic E-state index is 0.257. The summed E-state index contributed by atoms with van der Waals surface area (Å²) >= 11 is 0. The molecule has 0 saturated heterocycles. The minimum atomic E-state index is -0.257. The summed E-state index contributed by atoms with van der Waals surface area (Å²) in [5.41, 5.74) is 8.42. The van der Waals surface area contributed by atoms with Crippen molar-refractivity contribution in [3.63, 3.8) is 0 Å². The van der Waals surface area contributed by atoms with Crippen molar-refractivity contribution in [2.75, 3.05) is 0 Å². The molecule has 1 heterocycles. The van der Waals surface area contributed by atoms with Gasteiger partial charge in [0.1, 0.15) is 0 Å². The van der Waals surface area contributed by atoms with Crippen molar-refractivity contribution in [3.05, 3.63) is 36.0 Å². The second kappa shape index (κ2) is 3.61. The monoisotopic (exact) mass is 228 g/mol. The zero-order chi connectivity index (χ0) is 12.0. The lowest BCUT2D eigenvalue weighted by Crippen LogP contribution is -2.28. The Bertz CT molecular complexity index is 542. The molecule has 2 nitrogen and oxygen atoms in total. The summed E-state index contributed by atoms with van der Waals surface area (Å²) in [6.07, 6.45) is 5.00. The maximum absolute atomic E-state index is 6.14. The maximum Gasteiger partial charge on any atom is 0.0480 e. The smallest absolute Gasteiger partial charge is 0.0480 e. The molecule has 1 fully saturated rings. The van der Waals surface area contributed by atoms with Crippen molar-refractivity contribution >= 4 is 10.9 Å². The molecule has 2 heteroatoms. The highest BCUT2D eigenvalue weighted by atomic mass is 15.0. The van der Waals surface area contributed by atoms with Crippen molar-refractivity contribution in [1.29, 1.82) is 0 Å². The number of hydrogen-bond donors (Lipinski definition) is 1. The molecule has 17 heavy (non-hydrogen) atoms. The fourth-order valence-electron chi connectivity index (χ4n) is 2.34. The highest BCUT2D eigenvalue weighted by Gasteiger charge is 2.22. The van der Waals surface area contributed by atoms with Gasteiger partial charge in [-0.15, -0.1) is 0 Å². The van der Waals surface area contributed by atoms with E-state index in [1.54, 1.807) is 0 Å². The van der Waals surface area contributed by atoms with Crippen LogP contribution in [0, 0.1) is 5.92 Å². The first-order valence-electron chi connectivity index (χ1n) is 6.42. The van der Waals surface area contributed by atoms with E-state index in [0.29, 0.717) is 0 Å². The van der Waals surface area contributed by atoms with Crippen LogP contribution < -0.4 is 5.73 Å². The summed E-state index contributed by atoms with van der Waals surface area (Å²) in [6, 6.07) is 8.79. The van der Waals surface area contributed by atoms with Crippen molar-refractivity contribution in [2.24, 2.45) is 11.7 Å². The average molecular weight is 228 g/mol. The lowest BCUT2D eigenvalue weighted by Gasteiger charge is -2.19. The van der Waals surface area contributed by atoms with Crippen molar-refractivity contribution in [3.8, 4) is 0 Å². The molecule has 90 valence electrons. The van der Waals surface area contributed by atoms with E-state index in [2.05, 4.69) is 48.9 Å². The second-order valence-electron chi connectivity index (χ2n) is 5.91. The van der Waals surface area contributed by atoms with Gasteiger partial charge in [-0.25, -0.2) is 0 Å². The average Bonchev–Trinajstić information content (AvgIpc) is 2.98. The molecular weight excluding hydrogens is 208 g/mol. The Labute approximate surface area is 102 Å². The summed E-state index contributed by atoms with van der Waals surface area (Å²) in [5, 5.41) is 1.31. The van der Waals surface area contributed by atoms with E-state index in [1.165, 1.54) is 35.9 Å². The van der Waals surface area contributed by atoms with E-state index in [0.717, 1.165) is 5.92 Å². The number of nitrogens with zero attached hydrogens (tertiary/aromatic N) is 1. The summed E-state index contributed by atoms with van der Waals surface area (Å²) in [5.74, 6) is 0.913. The molecule has 0 radical (unpaired) electrons. The maximum atomic E-state index is 6.14. The van der Waals surface area contributed by atoms with Crippen LogP contribution in [0.15, 0.2) is 30.5 Å². The Morgan fingerprint density at radius 1 is 1.29 bits per heavy atom. The van der Waals surface area contributed by atoms with Gasteiger partial charge < -0.3 is 10.3 Å². The third-order valence-electron chi connectivity index (χ3n) is 3.67. The van der Waals surface area contributed by atoms with Gasteiger partial charge in [0.15, 0.2) is 0 Å². The molecule has 0 spiro atoms. The zero-order valence-electron chi connectivity index (χ0n) is 10.6. The molecule has 1 aromatic carbocycles. The topological polar surface area (TPSA) is 30.9 Å². The van der Waals surface area contributed by atoms with Crippen LogP contribution in [0.5, 0.6) is 0 Å².